The molecule has 0 spiro atoms. The maximum absolute atomic E-state index is 12.9. The number of aromatic nitrogens is 1. The highest BCUT2D eigenvalue weighted by atomic mass is 32.2. The fourth-order valence-corrected chi connectivity index (χ4v) is 1.72. The van der Waals surface area contributed by atoms with Crippen LogP contribution < -0.4 is 0 Å². The van der Waals surface area contributed by atoms with Crippen LogP contribution in [0.4, 0.5) is 8.78 Å². The molecule has 0 fully saturated rings. The van der Waals surface area contributed by atoms with E-state index in [-0.39, 0.29) is 5.56 Å². The van der Waals surface area contributed by atoms with E-state index in [0.717, 1.165) is 0 Å². The van der Waals surface area contributed by atoms with Crippen molar-refractivity contribution in [1.29, 1.82) is 0 Å². The van der Waals surface area contributed by atoms with Crippen molar-refractivity contribution in [3.63, 3.8) is 0 Å². The van der Waals surface area contributed by atoms with Crippen molar-refractivity contribution in [2.75, 3.05) is 6.61 Å². The smallest absolute Gasteiger partial charge is 0.402 e. The van der Waals surface area contributed by atoms with Gasteiger partial charge in [0.05, 0.1) is 11.1 Å². The van der Waals surface area contributed by atoms with E-state index in [9.17, 15) is 22.0 Å². The zero-order chi connectivity index (χ0) is 15.7. The number of fused-ring (bicyclic) bond motifs is 1. The molecular formula is C12H9F2NO5S. The number of carbonyl (C=O) groups is 1. The third kappa shape index (κ3) is 3.31. The molecule has 0 aliphatic heterocycles. The molecule has 21 heavy (non-hydrogen) atoms. The normalized spacial score (nSPS) is 12.3. The third-order valence-corrected chi connectivity index (χ3v) is 3.46. The van der Waals surface area contributed by atoms with Gasteiger partial charge in [0.25, 0.3) is 0 Å². The quantitative estimate of drug-likeness (QED) is 0.683. The van der Waals surface area contributed by atoms with Crippen LogP contribution in [0.5, 0.6) is 0 Å². The Morgan fingerprint density at radius 2 is 2.05 bits per heavy atom. The van der Waals surface area contributed by atoms with Crippen LogP contribution in [-0.4, -0.2) is 35.8 Å². The van der Waals surface area contributed by atoms with Gasteiger partial charge in [-0.1, -0.05) is 6.07 Å². The van der Waals surface area contributed by atoms with Crippen molar-refractivity contribution < 1.29 is 31.3 Å². The number of pyridine rings is 1. The van der Waals surface area contributed by atoms with Gasteiger partial charge in [0.15, 0.2) is 6.61 Å². The van der Waals surface area contributed by atoms with Gasteiger partial charge in [0.2, 0.25) is 0 Å². The molecule has 0 unspecified atom stereocenters. The number of benzene rings is 1. The van der Waals surface area contributed by atoms with Crippen molar-refractivity contribution in [1.82, 2.24) is 4.98 Å². The Hall–Kier alpha value is -2.13. The van der Waals surface area contributed by atoms with Crippen LogP contribution >= 0.6 is 0 Å². The minimum absolute atomic E-state index is 0.0402. The fraction of sp³-hybridized carbons (Fsp3) is 0.167. The van der Waals surface area contributed by atoms with Gasteiger partial charge < -0.3 is 4.74 Å². The molecule has 1 heterocycles. The lowest BCUT2D eigenvalue weighted by Crippen LogP contribution is -2.34. The summed E-state index contributed by atoms with van der Waals surface area (Å²) in [5, 5.41) is -3.96. The molecule has 0 saturated carbocycles. The maximum Gasteiger partial charge on any atom is 0.402 e. The van der Waals surface area contributed by atoms with Gasteiger partial charge >= 0.3 is 21.3 Å². The fourth-order valence-electron chi connectivity index (χ4n) is 1.51. The van der Waals surface area contributed by atoms with E-state index in [0.29, 0.717) is 10.9 Å². The number of esters is 1. The Morgan fingerprint density at radius 3 is 2.71 bits per heavy atom. The van der Waals surface area contributed by atoms with E-state index >= 15 is 0 Å². The lowest BCUT2D eigenvalue weighted by atomic mass is 10.1. The van der Waals surface area contributed by atoms with Crippen LogP contribution in [0.25, 0.3) is 10.9 Å². The summed E-state index contributed by atoms with van der Waals surface area (Å²) in [6.07, 6.45) is 1.55. The molecule has 112 valence electrons. The highest BCUT2D eigenvalue weighted by Gasteiger charge is 2.45. The average molecular weight is 317 g/mol. The maximum atomic E-state index is 12.9. The predicted molar refractivity (Wildman–Crippen MR) is 68.5 cm³/mol. The summed E-state index contributed by atoms with van der Waals surface area (Å²) in [6.45, 7) is -1.77. The second kappa shape index (κ2) is 5.34. The molecule has 0 saturated heterocycles. The van der Waals surface area contributed by atoms with Crippen LogP contribution in [0.3, 0.4) is 0 Å². The number of halogens is 2. The van der Waals surface area contributed by atoms with Crippen LogP contribution in [0.2, 0.25) is 0 Å². The first-order chi connectivity index (χ1) is 9.71. The largest absolute Gasteiger partial charge is 0.454 e. The van der Waals surface area contributed by atoms with Crippen molar-refractivity contribution in [3.05, 3.63) is 42.1 Å². The van der Waals surface area contributed by atoms with E-state index in [4.69, 9.17) is 4.55 Å². The van der Waals surface area contributed by atoms with Gasteiger partial charge in [0, 0.05) is 11.6 Å². The Bertz CT molecular complexity index is 791. The van der Waals surface area contributed by atoms with Gasteiger partial charge in [-0.25, -0.2) is 4.79 Å². The number of alkyl halides is 2. The number of hydrogen-bond acceptors (Lipinski definition) is 5. The molecule has 2 aromatic rings. The van der Waals surface area contributed by atoms with Crippen LogP contribution in [0.1, 0.15) is 10.4 Å². The summed E-state index contributed by atoms with van der Waals surface area (Å²) < 4.78 is 59.1. The SMILES string of the molecule is O=C(OCC(F)(F)S(=O)(=O)O)c1ccc2ncccc2c1. The molecule has 0 aliphatic carbocycles. The molecule has 0 bridgehead atoms. The van der Waals surface area contributed by atoms with E-state index in [2.05, 4.69) is 9.72 Å². The number of hydrogen-bond donors (Lipinski definition) is 1. The third-order valence-electron chi connectivity index (χ3n) is 2.59. The molecule has 0 aliphatic rings. The monoisotopic (exact) mass is 317 g/mol. The van der Waals surface area contributed by atoms with Crippen LogP contribution in [0.15, 0.2) is 36.5 Å². The topological polar surface area (TPSA) is 93.6 Å². The Labute approximate surface area is 118 Å². The van der Waals surface area contributed by atoms with E-state index < -0.39 is 27.9 Å². The van der Waals surface area contributed by atoms with Crippen molar-refractivity contribution in [3.8, 4) is 0 Å². The minimum atomic E-state index is -5.64. The molecule has 0 atom stereocenters. The molecule has 1 N–H and O–H groups in total. The summed E-state index contributed by atoms with van der Waals surface area (Å²) >= 11 is 0. The average Bonchev–Trinajstić information content (AvgIpc) is 2.43. The molecular weight excluding hydrogens is 308 g/mol. The first kappa shape index (κ1) is 15.3. The highest BCUT2D eigenvalue weighted by Crippen LogP contribution is 2.21. The number of nitrogens with zero attached hydrogens (tertiary/aromatic N) is 1. The molecule has 9 heteroatoms. The zero-order valence-electron chi connectivity index (χ0n) is 10.4. The molecule has 0 amide bonds. The highest BCUT2D eigenvalue weighted by molar-refractivity contribution is 7.86. The molecule has 2 rings (SSSR count). The second-order valence-electron chi connectivity index (χ2n) is 4.10. The second-order valence-corrected chi connectivity index (χ2v) is 5.65. The minimum Gasteiger partial charge on any atom is -0.454 e. The van der Waals surface area contributed by atoms with Crippen LogP contribution in [0, 0.1) is 0 Å². The summed E-state index contributed by atoms with van der Waals surface area (Å²) in [6, 6.07) is 7.46. The summed E-state index contributed by atoms with van der Waals surface area (Å²) in [7, 11) is -5.64. The first-order valence-electron chi connectivity index (χ1n) is 5.57. The number of rotatable bonds is 4. The lowest BCUT2D eigenvalue weighted by Gasteiger charge is -2.13. The van der Waals surface area contributed by atoms with Gasteiger partial charge in [-0.2, -0.15) is 17.2 Å². The van der Waals surface area contributed by atoms with Crippen LogP contribution in [-0.2, 0) is 14.9 Å². The van der Waals surface area contributed by atoms with Gasteiger partial charge in [0.1, 0.15) is 0 Å². The van der Waals surface area contributed by atoms with E-state index in [1.54, 1.807) is 18.3 Å². The molecule has 0 radical (unpaired) electrons. The molecule has 1 aromatic heterocycles. The summed E-state index contributed by atoms with van der Waals surface area (Å²) in [5.74, 6) is -1.14. The summed E-state index contributed by atoms with van der Waals surface area (Å²) in [5.41, 5.74) is 0.555. The van der Waals surface area contributed by atoms with Gasteiger partial charge in [-0.15, -0.1) is 0 Å². The standard InChI is InChI=1S/C12H9F2NO5S/c13-12(14,21(17,18)19)7-20-11(16)9-3-4-10-8(6-9)2-1-5-15-10/h1-6H,7H2,(H,17,18,19). The Morgan fingerprint density at radius 1 is 1.33 bits per heavy atom. The van der Waals surface area contributed by atoms with Crippen molar-refractivity contribution in [2.24, 2.45) is 0 Å². The summed E-state index contributed by atoms with van der Waals surface area (Å²) in [4.78, 5) is 15.6. The molecule has 6 nitrogen and oxygen atoms in total. The Balaban J connectivity index is 2.16. The Kier molecular flexibility index (Phi) is 3.88. The van der Waals surface area contributed by atoms with Crippen molar-refractivity contribution >= 4 is 27.0 Å². The number of ether oxygens (including phenoxy) is 1. The zero-order valence-corrected chi connectivity index (χ0v) is 11.2. The number of carbonyl (C=O) groups excluding carboxylic acids is 1. The first-order valence-corrected chi connectivity index (χ1v) is 7.01. The van der Waals surface area contributed by atoms with Crippen molar-refractivity contribution in [2.45, 2.75) is 5.25 Å². The van der Waals surface area contributed by atoms with E-state index in [1.165, 1.54) is 18.2 Å². The molecule has 1 aromatic carbocycles. The predicted octanol–water partition coefficient (Wildman–Crippen LogP) is 1.87. The van der Waals surface area contributed by atoms with Gasteiger partial charge in [-0.05, 0) is 24.3 Å². The van der Waals surface area contributed by atoms with E-state index in [1.807, 2.05) is 0 Å². The lowest BCUT2D eigenvalue weighted by molar-refractivity contribution is -0.00949. The van der Waals surface area contributed by atoms with Gasteiger partial charge in [-0.3, -0.25) is 9.54 Å².